The summed E-state index contributed by atoms with van der Waals surface area (Å²) in [5.74, 6) is -0.694. The predicted molar refractivity (Wildman–Crippen MR) is 101 cm³/mol. The Kier molecular flexibility index (Phi) is 6.26. The third-order valence-corrected chi connectivity index (χ3v) is 5.70. The number of rotatable bonds is 6. The van der Waals surface area contributed by atoms with Gasteiger partial charge in [0.25, 0.3) is 5.91 Å². The quantitative estimate of drug-likeness (QED) is 0.436. The first-order valence-electron chi connectivity index (χ1n) is 9.70. The number of ketones is 1. The molecule has 2 aliphatic heterocycles. The van der Waals surface area contributed by atoms with Crippen LogP contribution < -0.4 is 0 Å². The van der Waals surface area contributed by atoms with Crippen molar-refractivity contribution in [2.45, 2.75) is 32.1 Å². The van der Waals surface area contributed by atoms with Gasteiger partial charge in [0, 0.05) is 57.3 Å². The van der Waals surface area contributed by atoms with Crippen LogP contribution in [0.15, 0.2) is 30.3 Å². The SMILES string of the molecule is COCCCN1C[C@]2(CCCN(C(=O)C(=O)c3ccccc3)C2)CCC1=O. The van der Waals surface area contributed by atoms with Crippen LogP contribution in [0.25, 0.3) is 0 Å². The van der Waals surface area contributed by atoms with E-state index in [1.54, 1.807) is 36.3 Å². The van der Waals surface area contributed by atoms with Crippen LogP contribution in [0.4, 0.5) is 0 Å². The zero-order chi connectivity index (χ0) is 19.3. The first-order chi connectivity index (χ1) is 13.0. The van der Waals surface area contributed by atoms with Crippen LogP contribution in [0, 0.1) is 5.41 Å². The van der Waals surface area contributed by atoms with Gasteiger partial charge < -0.3 is 14.5 Å². The number of ether oxygens (including phenoxy) is 1. The fourth-order valence-corrected chi connectivity index (χ4v) is 4.28. The molecule has 1 aromatic carbocycles. The monoisotopic (exact) mass is 372 g/mol. The van der Waals surface area contributed by atoms with E-state index in [1.165, 1.54) is 0 Å². The van der Waals surface area contributed by atoms with Gasteiger partial charge in [-0.25, -0.2) is 0 Å². The van der Waals surface area contributed by atoms with Crippen molar-refractivity contribution in [3.8, 4) is 0 Å². The number of hydrogen-bond acceptors (Lipinski definition) is 4. The van der Waals surface area contributed by atoms with Crippen molar-refractivity contribution in [3.63, 3.8) is 0 Å². The lowest BCUT2D eigenvalue weighted by Gasteiger charge is -2.48. The Morgan fingerprint density at radius 3 is 2.67 bits per heavy atom. The van der Waals surface area contributed by atoms with Gasteiger partial charge in [-0.05, 0) is 25.7 Å². The molecular weight excluding hydrogens is 344 g/mol. The molecule has 2 amide bonds. The van der Waals surface area contributed by atoms with Gasteiger partial charge in [-0.2, -0.15) is 0 Å². The number of amides is 2. The predicted octanol–water partition coefficient (Wildman–Crippen LogP) is 2.14. The summed E-state index contributed by atoms with van der Waals surface area (Å²) in [5, 5.41) is 0. The Hall–Kier alpha value is -2.21. The normalized spacial score (nSPS) is 22.9. The van der Waals surface area contributed by atoms with Crippen molar-refractivity contribution in [2.75, 3.05) is 39.9 Å². The van der Waals surface area contributed by atoms with Gasteiger partial charge in [-0.1, -0.05) is 30.3 Å². The van der Waals surface area contributed by atoms with Gasteiger partial charge >= 0.3 is 0 Å². The smallest absolute Gasteiger partial charge is 0.294 e. The molecule has 0 bridgehead atoms. The molecule has 6 nitrogen and oxygen atoms in total. The van der Waals surface area contributed by atoms with E-state index >= 15 is 0 Å². The van der Waals surface area contributed by atoms with Crippen LogP contribution in [-0.4, -0.2) is 67.3 Å². The van der Waals surface area contributed by atoms with Crippen molar-refractivity contribution < 1.29 is 19.1 Å². The van der Waals surface area contributed by atoms with Crippen LogP contribution in [0.2, 0.25) is 0 Å². The van der Waals surface area contributed by atoms with Gasteiger partial charge in [0.15, 0.2) is 0 Å². The Labute approximate surface area is 160 Å². The Balaban J connectivity index is 1.66. The number of piperidine rings is 2. The highest BCUT2D eigenvalue weighted by atomic mass is 16.5. The summed E-state index contributed by atoms with van der Waals surface area (Å²) in [6.07, 6.45) is 3.98. The lowest BCUT2D eigenvalue weighted by atomic mass is 9.73. The second-order valence-corrected chi connectivity index (χ2v) is 7.69. The van der Waals surface area contributed by atoms with Gasteiger partial charge in [-0.15, -0.1) is 0 Å². The second kappa shape index (κ2) is 8.65. The summed E-state index contributed by atoms with van der Waals surface area (Å²) < 4.78 is 5.09. The van der Waals surface area contributed by atoms with Crippen LogP contribution in [0.3, 0.4) is 0 Å². The fourth-order valence-electron chi connectivity index (χ4n) is 4.28. The summed E-state index contributed by atoms with van der Waals surface area (Å²) in [7, 11) is 1.66. The molecule has 2 heterocycles. The molecule has 3 rings (SSSR count). The molecule has 2 aliphatic rings. The fraction of sp³-hybridized carbons (Fsp3) is 0.571. The molecule has 1 spiro atoms. The van der Waals surface area contributed by atoms with E-state index in [-0.39, 0.29) is 11.3 Å². The minimum Gasteiger partial charge on any atom is -0.385 e. The van der Waals surface area contributed by atoms with Gasteiger partial charge in [0.1, 0.15) is 0 Å². The maximum Gasteiger partial charge on any atom is 0.294 e. The number of benzene rings is 1. The third-order valence-electron chi connectivity index (χ3n) is 5.70. The molecule has 0 N–H and O–H groups in total. The van der Waals surface area contributed by atoms with Gasteiger partial charge in [-0.3, -0.25) is 14.4 Å². The minimum absolute atomic E-state index is 0.0914. The second-order valence-electron chi connectivity index (χ2n) is 7.69. The highest BCUT2D eigenvalue weighted by molar-refractivity contribution is 6.42. The van der Waals surface area contributed by atoms with E-state index in [2.05, 4.69) is 0 Å². The molecule has 146 valence electrons. The largest absolute Gasteiger partial charge is 0.385 e. The van der Waals surface area contributed by atoms with E-state index in [9.17, 15) is 14.4 Å². The van der Waals surface area contributed by atoms with Crippen molar-refractivity contribution in [2.24, 2.45) is 5.41 Å². The summed E-state index contributed by atoms with van der Waals surface area (Å²) >= 11 is 0. The van der Waals surface area contributed by atoms with Crippen LogP contribution in [-0.2, 0) is 14.3 Å². The average molecular weight is 372 g/mol. The molecule has 0 aliphatic carbocycles. The maximum absolute atomic E-state index is 12.8. The molecule has 1 atom stereocenters. The number of likely N-dealkylation sites (tertiary alicyclic amines) is 2. The zero-order valence-electron chi connectivity index (χ0n) is 16.0. The number of nitrogens with zero attached hydrogens (tertiary/aromatic N) is 2. The van der Waals surface area contributed by atoms with Crippen LogP contribution in [0.1, 0.15) is 42.5 Å². The number of carbonyl (C=O) groups is 3. The summed E-state index contributed by atoms with van der Waals surface area (Å²) in [6.45, 7) is 3.15. The number of hydrogen-bond donors (Lipinski definition) is 0. The van der Waals surface area contributed by atoms with E-state index in [1.807, 2.05) is 11.0 Å². The molecule has 2 fully saturated rings. The minimum atomic E-state index is -0.448. The van der Waals surface area contributed by atoms with Crippen LogP contribution in [0.5, 0.6) is 0 Å². The Bertz CT molecular complexity index is 691. The van der Waals surface area contributed by atoms with E-state index in [0.717, 1.165) is 25.7 Å². The molecule has 27 heavy (non-hydrogen) atoms. The molecule has 2 saturated heterocycles. The van der Waals surface area contributed by atoms with Crippen molar-refractivity contribution in [1.82, 2.24) is 9.80 Å². The van der Waals surface area contributed by atoms with Crippen LogP contribution >= 0.6 is 0 Å². The summed E-state index contributed by atoms with van der Waals surface area (Å²) in [5.41, 5.74) is 0.341. The molecule has 0 saturated carbocycles. The van der Waals surface area contributed by atoms with E-state index in [0.29, 0.717) is 44.8 Å². The van der Waals surface area contributed by atoms with Gasteiger partial charge in [0.2, 0.25) is 11.7 Å². The summed E-state index contributed by atoms with van der Waals surface area (Å²) in [6, 6.07) is 8.72. The lowest BCUT2D eigenvalue weighted by Crippen LogP contribution is -2.56. The first-order valence-corrected chi connectivity index (χ1v) is 9.70. The van der Waals surface area contributed by atoms with Crippen molar-refractivity contribution in [1.29, 1.82) is 0 Å². The number of Topliss-reactive ketones (excluding diaryl/α,β-unsaturated/α-hetero) is 1. The topological polar surface area (TPSA) is 66.9 Å². The van der Waals surface area contributed by atoms with E-state index < -0.39 is 11.7 Å². The number of carbonyl (C=O) groups excluding carboxylic acids is 3. The molecule has 0 unspecified atom stereocenters. The van der Waals surface area contributed by atoms with Crippen molar-refractivity contribution >= 4 is 17.6 Å². The zero-order valence-corrected chi connectivity index (χ0v) is 16.0. The molecular formula is C21H28N2O4. The first kappa shape index (κ1) is 19.5. The van der Waals surface area contributed by atoms with E-state index in [4.69, 9.17) is 4.74 Å². The molecule has 0 aromatic heterocycles. The standard InChI is InChI=1S/C21H28N2O4/c1-27-14-6-13-22-15-21(11-9-18(22)24)10-5-12-23(16-21)20(26)19(25)17-7-3-2-4-8-17/h2-4,7-8H,5-6,9-16H2,1H3/t21-/m0/s1. The molecule has 1 aromatic rings. The van der Waals surface area contributed by atoms with Gasteiger partial charge in [0.05, 0.1) is 0 Å². The highest BCUT2D eigenvalue weighted by Crippen LogP contribution is 2.39. The Morgan fingerprint density at radius 2 is 1.93 bits per heavy atom. The Morgan fingerprint density at radius 1 is 1.15 bits per heavy atom. The average Bonchev–Trinajstić information content (AvgIpc) is 2.70. The molecule has 0 radical (unpaired) electrons. The third kappa shape index (κ3) is 4.56. The molecule has 6 heteroatoms. The summed E-state index contributed by atoms with van der Waals surface area (Å²) in [4.78, 5) is 41.2. The lowest BCUT2D eigenvalue weighted by molar-refractivity contribution is -0.141. The maximum atomic E-state index is 12.8. The van der Waals surface area contributed by atoms with Crippen molar-refractivity contribution in [3.05, 3.63) is 35.9 Å². The number of methoxy groups -OCH3 is 1. The highest BCUT2D eigenvalue weighted by Gasteiger charge is 2.43.